The van der Waals surface area contributed by atoms with Gasteiger partial charge in [0.2, 0.25) is 0 Å². The third-order valence-electron chi connectivity index (χ3n) is 1.78. The summed E-state index contributed by atoms with van der Waals surface area (Å²) in [7, 11) is 0. The summed E-state index contributed by atoms with van der Waals surface area (Å²) in [5.74, 6) is 0. The van der Waals surface area contributed by atoms with Crippen LogP contribution in [0.25, 0.3) is 10.4 Å². The highest BCUT2D eigenvalue weighted by atomic mass is 14.7. The lowest BCUT2D eigenvalue weighted by Gasteiger charge is -1.99. The van der Waals surface area contributed by atoms with E-state index in [1.807, 2.05) is 36.4 Å². The lowest BCUT2D eigenvalue weighted by molar-refractivity contribution is 1.47. The average molecular weight is 168 g/mol. The molecular weight excluding hydrogens is 160 g/mol. The molecule has 2 heteroatoms. The topological polar surface area (TPSA) is 28.1 Å². The van der Waals surface area contributed by atoms with Crippen molar-refractivity contribution >= 4 is 5.57 Å². The number of allylic oxidation sites excluding steroid dienone is 2. The number of rotatable bonds is 1. The number of benzene rings is 1. The van der Waals surface area contributed by atoms with Gasteiger partial charge in [0.25, 0.3) is 5.70 Å². The summed E-state index contributed by atoms with van der Waals surface area (Å²) < 4.78 is 0. The number of nitriles is 1. The van der Waals surface area contributed by atoms with Crippen molar-refractivity contribution in [2.75, 3.05) is 0 Å². The Bertz CT molecular complexity index is 386. The first-order valence-electron chi connectivity index (χ1n) is 3.83. The maximum absolute atomic E-state index is 8.64. The summed E-state index contributed by atoms with van der Waals surface area (Å²) in [6.45, 7) is 8.57. The van der Waals surface area contributed by atoms with Crippen molar-refractivity contribution in [3.05, 3.63) is 53.0 Å². The molecule has 0 amide bonds. The second kappa shape index (κ2) is 4.09. The third kappa shape index (κ3) is 1.95. The van der Waals surface area contributed by atoms with E-state index in [0.29, 0.717) is 0 Å². The Morgan fingerprint density at radius 1 is 1.38 bits per heavy atom. The van der Waals surface area contributed by atoms with E-state index in [9.17, 15) is 0 Å². The molecule has 0 bridgehead atoms. The second-order valence-corrected chi connectivity index (χ2v) is 2.56. The summed E-state index contributed by atoms with van der Waals surface area (Å²) in [6.07, 6.45) is 0. The molecule has 0 N–H and O–H groups in total. The van der Waals surface area contributed by atoms with Crippen molar-refractivity contribution in [3.8, 4) is 6.07 Å². The molecule has 2 nitrogen and oxygen atoms in total. The first-order chi connectivity index (χ1) is 6.29. The van der Waals surface area contributed by atoms with Gasteiger partial charge in [-0.05, 0) is 18.1 Å². The molecule has 0 radical (unpaired) electrons. The molecular formula is C11H8N2. The summed E-state index contributed by atoms with van der Waals surface area (Å²) in [4.78, 5) is 3.15. The number of hydrogen-bond donors (Lipinski definition) is 0. The van der Waals surface area contributed by atoms with Gasteiger partial charge in [0.15, 0.2) is 0 Å². The molecule has 0 saturated heterocycles. The molecule has 0 aliphatic rings. The minimum atomic E-state index is 0.159. The Morgan fingerprint density at radius 3 is 2.46 bits per heavy atom. The van der Waals surface area contributed by atoms with E-state index in [0.717, 1.165) is 11.1 Å². The Kier molecular flexibility index (Phi) is 2.84. The highest BCUT2D eigenvalue weighted by molar-refractivity contribution is 5.71. The standard InChI is InChI=1S/C11H8N2/c1-9(11(8-12)13-2)10-6-4-3-5-7-10/h3-7H,1H3/b11-9+. The van der Waals surface area contributed by atoms with Crippen molar-refractivity contribution in [3.63, 3.8) is 0 Å². The van der Waals surface area contributed by atoms with Gasteiger partial charge in [-0.25, -0.2) is 10.1 Å². The van der Waals surface area contributed by atoms with Gasteiger partial charge in [0.1, 0.15) is 0 Å². The van der Waals surface area contributed by atoms with E-state index < -0.39 is 0 Å². The van der Waals surface area contributed by atoms with Gasteiger partial charge in [0.05, 0.1) is 12.6 Å². The summed E-state index contributed by atoms with van der Waals surface area (Å²) in [6, 6.07) is 11.3. The van der Waals surface area contributed by atoms with Gasteiger partial charge >= 0.3 is 0 Å². The van der Waals surface area contributed by atoms with Crippen molar-refractivity contribution in [1.82, 2.24) is 0 Å². The van der Waals surface area contributed by atoms with E-state index in [4.69, 9.17) is 11.8 Å². The molecule has 0 atom stereocenters. The minimum absolute atomic E-state index is 0.159. The average Bonchev–Trinajstić information content (AvgIpc) is 2.21. The van der Waals surface area contributed by atoms with Crippen LogP contribution in [0, 0.1) is 17.9 Å². The van der Waals surface area contributed by atoms with Crippen LogP contribution in [-0.2, 0) is 0 Å². The molecule has 0 fully saturated rings. The molecule has 0 saturated carbocycles. The highest BCUT2D eigenvalue weighted by Gasteiger charge is 2.01. The zero-order valence-corrected chi connectivity index (χ0v) is 7.28. The predicted octanol–water partition coefficient (Wildman–Crippen LogP) is 2.86. The quantitative estimate of drug-likeness (QED) is 0.468. The number of hydrogen-bond acceptors (Lipinski definition) is 1. The lowest BCUT2D eigenvalue weighted by Crippen LogP contribution is -1.81. The molecule has 0 aliphatic heterocycles. The van der Waals surface area contributed by atoms with Crippen LogP contribution in [0.15, 0.2) is 36.0 Å². The molecule has 0 heterocycles. The molecule has 62 valence electrons. The fourth-order valence-corrected chi connectivity index (χ4v) is 1.02. The predicted molar refractivity (Wildman–Crippen MR) is 51.3 cm³/mol. The van der Waals surface area contributed by atoms with E-state index in [1.165, 1.54) is 0 Å². The lowest BCUT2D eigenvalue weighted by atomic mass is 10.1. The molecule has 13 heavy (non-hydrogen) atoms. The first kappa shape index (κ1) is 9.03. The summed E-state index contributed by atoms with van der Waals surface area (Å²) in [5, 5.41) is 8.64. The normalized spacial score (nSPS) is 11.0. The Labute approximate surface area is 77.6 Å². The second-order valence-electron chi connectivity index (χ2n) is 2.56. The van der Waals surface area contributed by atoms with Crippen LogP contribution in [0.2, 0.25) is 0 Å². The van der Waals surface area contributed by atoms with Crippen LogP contribution in [0.5, 0.6) is 0 Å². The molecule has 1 aromatic carbocycles. The van der Waals surface area contributed by atoms with E-state index >= 15 is 0 Å². The van der Waals surface area contributed by atoms with Gasteiger partial charge in [-0.3, -0.25) is 0 Å². The summed E-state index contributed by atoms with van der Waals surface area (Å²) >= 11 is 0. The number of nitrogens with zero attached hydrogens (tertiary/aromatic N) is 2. The molecule has 0 aliphatic carbocycles. The van der Waals surface area contributed by atoms with E-state index in [-0.39, 0.29) is 5.70 Å². The molecule has 0 aromatic heterocycles. The molecule has 1 aromatic rings. The van der Waals surface area contributed by atoms with Gasteiger partial charge in [-0.2, -0.15) is 0 Å². The van der Waals surface area contributed by atoms with Crippen molar-refractivity contribution in [2.45, 2.75) is 6.92 Å². The monoisotopic (exact) mass is 168 g/mol. The van der Waals surface area contributed by atoms with Gasteiger partial charge in [0, 0.05) is 0 Å². The Hall–Kier alpha value is -2.06. The van der Waals surface area contributed by atoms with E-state index in [1.54, 1.807) is 6.92 Å². The van der Waals surface area contributed by atoms with Crippen molar-refractivity contribution in [2.24, 2.45) is 0 Å². The van der Waals surface area contributed by atoms with Gasteiger partial charge in [-0.1, -0.05) is 30.3 Å². The van der Waals surface area contributed by atoms with Crippen molar-refractivity contribution < 1.29 is 0 Å². The highest BCUT2D eigenvalue weighted by Crippen LogP contribution is 2.17. The minimum Gasteiger partial charge on any atom is -0.226 e. The largest absolute Gasteiger partial charge is 0.265 e. The van der Waals surface area contributed by atoms with Gasteiger partial charge < -0.3 is 0 Å². The van der Waals surface area contributed by atoms with Crippen LogP contribution in [0.1, 0.15) is 12.5 Å². The third-order valence-corrected chi connectivity index (χ3v) is 1.78. The summed E-state index contributed by atoms with van der Waals surface area (Å²) in [5.41, 5.74) is 1.82. The van der Waals surface area contributed by atoms with Crippen LogP contribution in [0.4, 0.5) is 0 Å². The van der Waals surface area contributed by atoms with Crippen LogP contribution >= 0.6 is 0 Å². The maximum atomic E-state index is 8.64. The zero-order valence-electron chi connectivity index (χ0n) is 7.28. The Morgan fingerprint density at radius 2 is 2.00 bits per heavy atom. The van der Waals surface area contributed by atoms with E-state index in [2.05, 4.69) is 4.85 Å². The van der Waals surface area contributed by atoms with Gasteiger partial charge in [-0.15, -0.1) is 0 Å². The molecule has 0 spiro atoms. The van der Waals surface area contributed by atoms with Crippen LogP contribution in [0.3, 0.4) is 0 Å². The van der Waals surface area contributed by atoms with Crippen LogP contribution in [-0.4, -0.2) is 0 Å². The SMILES string of the molecule is [C-]#[N+]/C(C#N)=C(\C)c1ccccc1. The zero-order chi connectivity index (χ0) is 9.68. The Balaban J connectivity index is 3.21. The molecule has 1 rings (SSSR count). The maximum Gasteiger partial charge on any atom is 0.265 e. The first-order valence-corrected chi connectivity index (χ1v) is 3.83. The molecule has 0 unspecified atom stereocenters. The fraction of sp³-hybridized carbons (Fsp3) is 0.0909. The van der Waals surface area contributed by atoms with Crippen LogP contribution < -0.4 is 0 Å². The smallest absolute Gasteiger partial charge is 0.226 e. The van der Waals surface area contributed by atoms with Crippen molar-refractivity contribution in [1.29, 1.82) is 5.26 Å². The fourth-order valence-electron chi connectivity index (χ4n) is 1.02.